The lowest BCUT2D eigenvalue weighted by Crippen LogP contribution is -2.37. The highest BCUT2D eigenvalue weighted by molar-refractivity contribution is 5.89. The molecule has 1 N–H and O–H groups in total. The van der Waals surface area contributed by atoms with Crippen molar-refractivity contribution in [2.24, 2.45) is 11.8 Å². The zero-order chi connectivity index (χ0) is 10.1. The van der Waals surface area contributed by atoms with Crippen LogP contribution in [0.15, 0.2) is 11.6 Å². The van der Waals surface area contributed by atoms with Crippen LogP contribution in [0.2, 0.25) is 0 Å². The summed E-state index contributed by atoms with van der Waals surface area (Å²) in [5.41, 5.74) is 0.401. The lowest BCUT2D eigenvalue weighted by atomic mass is 9.75. The molecule has 4 heteroatoms. The van der Waals surface area contributed by atoms with Crippen molar-refractivity contribution in [2.75, 3.05) is 6.61 Å². The quantitative estimate of drug-likeness (QED) is 0.635. The maximum absolute atomic E-state index is 11.4. The van der Waals surface area contributed by atoms with Gasteiger partial charge in [0, 0.05) is 11.5 Å². The normalized spacial score (nSPS) is 31.4. The van der Waals surface area contributed by atoms with Gasteiger partial charge in [0.25, 0.3) is 0 Å². The van der Waals surface area contributed by atoms with Gasteiger partial charge in [0.05, 0.1) is 12.5 Å². The van der Waals surface area contributed by atoms with Gasteiger partial charge in [0.15, 0.2) is 0 Å². The van der Waals surface area contributed by atoms with Gasteiger partial charge in [-0.05, 0) is 19.3 Å². The maximum atomic E-state index is 11.4. The number of hydrogen-bond donors (Lipinski definition) is 1. The van der Waals surface area contributed by atoms with Gasteiger partial charge in [-0.1, -0.05) is 6.08 Å². The van der Waals surface area contributed by atoms with Crippen LogP contribution in [0.1, 0.15) is 19.3 Å². The Kier molecular flexibility index (Phi) is 2.27. The van der Waals surface area contributed by atoms with Crippen molar-refractivity contribution >= 4 is 11.9 Å². The third-order valence-corrected chi connectivity index (χ3v) is 2.95. The number of aliphatic carboxylic acids is 1. The van der Waals surface area contributed by atoms with Gasteiger partial charge in [0.1, 0.15) is 0 Å². The summed E-state index contributed by atoms with van der Waals surface area (Å²) in [6.07, 6.45) is 3.77. The Morgan fingerprint density at radius 1 is 1.43 bits per heavy atom. The smallest absolute Gasteiger partial charge is 0.331 e. The van der Waals surface area contributed by atoms with E-state index in [1.54, 1.807) is 6.08 Å². The van der Waals surface area contributed by atoms with Crippen LogP contribution in [0.3, 0.4) is 0 Å². The van der Waals surface area contributed by atoms with Gasteiger partial charge >= 0.3 is 11.9 Å². The Hall–Kier alpha value is -1.32. The predicted octanol–water partition coefficient (Wildman–Crippen LogP) is 0.970. The molecule has 2 rings (SSSR count). The summed E-state index contributed by atoms with van der Waals surface area (Å²) in [4.78, 5) is 22.2. The molecule has 0 bridgehead atoms. The molecule has 4 nitrogen and oxygen atoms in total. The van der Waals surface area contributed by atoms with Gasteiger partial charge < -0.3 is 9.84 Å². The van der Waals surface area contributed by atoms with Crippen molar-refractivity contribution in [3.8, 4) is 0 Å². The topological polar surface area (TPSA) is 63.6 Å². The monoisotopic (exact) mass is 196 g/mol. The van der Waals surface area contributed by atoms with Gasteiger partial charge in [-0.2, -0.15) is 0 Å². The van der Waals surface area contributed by atoms with E-state index in [1.807, 2.05) is 0 Å². The Labute approximate surface area is 81.6 Å². The van der Waals surface area contributed by atoms with E-state index in [9.17, 15) is 9.59 Å². The minimum Gasteiger partial charge on any atom is -0.478 e. The number of ether oxygens (including phenoxy) is 1. The molecule has 0 aromatic rings. The summed E-state index contributed by atoms with van der Waals surface area (Å²) in [5.74, 6) is -1.47. The number of carboxylic acids is 1. The summed E-state index contributed by atoms with van der Waals surface area (Å²) < 4.78 is 4.92. The van der Waals surface area contributed by atoms with Crippen LogP contribution in [0.5, 0.6) is 0 Å². The zero-order valence-electron chi connectivity index (χ0n) is 7.73. The van der Waals surface area contributed by atoms with Crippen molar-refractivity contribution in [2.45, 2.75) is 19.3 Å². The second-order valence-electron chi connectivity index (χ2n) is 3.71. The number of carbonyl (C=O) groups excluding carboxylic acids is 1. The first kappa shape index (κ1) is 9.24. The molecule has 76 valence electrons. The number of carbonyl (C=O) groups is 2. The molecule has 2 aliphatic rings. The molecule has 1 heterocycles. The summed E-state index contributed by atoms with van der Waals surface area (Å²) in [7, 11) is 0. The maximum Gasteiger partial charge on any atom is 0.331 e. The van der Waals surface area contributed by atoms with Crippen molar-refractivity contribution < 1.29 is 19.4 Å². The SMILES string of the molecule is O=C(O)C1=CCC[C@@H]2C(=O)OCC[C@H]12. The molecular formula is C10H12O4. The fourth-order valence-electron chi connectivity index (χ4n) is 2.27. The number of esters is 1. The van der Waals surface area contributed by atoms with Gasteiger partial charge in [-0.15, -0.1) is 0 Å². The van der Waals surface area contributed by atoms with Crippen LogP contribution in [0, 0.1) is 11.8 Å². The molecule has 1 aliphatic carbocycles. The van der Waals surface area contributed by atoms with Crippen molar-refractivity contribution in [1.29, 1.82) is 0 Å². The van der Waals surface area contributed by atoms with Crippen LogP contribution >= 0.6 is 0 Å². The summed E-state index contributed by atoms with van der Waals surface area (Å²) in [6.45, 7) is 0.352. The largest absolute Gasteiger partial charge is 0.478 e. The number of carboxylic acid groups (broad SMARTS) is 1. The lowest BCUT2D eigenvalue weighted by molar-refractivity contribution is -0.156. The molecule has 2 atom stereocenters. The minimum absolute atomic E-state index is 0.123. The first-order valence-corrected chi connectivity index (χ1v) is 4.80. The Balaban J connectivity index is 2.25. The van der Waals surface area contributed by atoms with E-state index in [4.69, 9.17) is 9.84 Å². The minimum atomic E-state index is -0.894. The fourth-order valence-corrected chi connectivity index (χ4v) is 2.27. The van der Waals surface area contributed by atoms with Crippen LogP contribution in [0.4, 0.5) is 0 Å². The molecule has 0 amide bonds. The average molecular weight is 196 g/mol. The van der Waals surface area contributed by atoms with Crippen LogP contribution in [-0.2, 0) is 14.3 Å². The summed E-state index contributed by atoms with van der Waals surface area (Å²) >= 11 is 0. The highest BCUT2D eigenvalue weighted by Crippen LogP contribution is 2.36. The molecule has 0 unspecified atom stereocenters. The molecule has 0 saturated carbocycles. The van der Waals surface area contributed by atoms with Gasteiger partial charge in [-0.3, -0.25) is 4.79 Å². The van der Waals surface area contributed by atoms with Crippen molar-refractivity contribution in [3.63, 3.8) is 0 Å². The zero-order valence-corrected chi connectivity index (χ0v) is 7.73. The average Bonchev–Trinajstić information content (AvgIpc) is 2.17. The number of cyclic esters (lactones) is 1. The van der Waals surface area contributed by atoms with Gasteiger partial charge in [-0.25, -0.2) is 4.79 Å². The Morgan fingerprint density at radius 2 is 2.21 bits per heavy atom. The van der Waals surface area contributed by atoms with E-state index in [-0.39, 0.29) is 17.8 Å². The third-order valence-electron chi connectivity index (χ3n) is 2.95. The molecular weight excluding hydrogens is 184 g/mol. The van der Waals surface area contributed by atoms with Crippen molar-refractivity contribution in [3.05, 3.63) is 11.6 Å². The molecule has 1 aliphatic heterocycles. The third kappa shape index (κ3) is 1.41. The van der Waals surface area contributed by atoms with Crippen LogP contribution < -0.4 is 0 Å². The van der Waals surface area contributed by atoms with E-state index < -0.39 is 5.97 Å². The van der Waals surface area contributed by atoms with E-state index in [0.29, 0.717) is 25.0 Å². The van der Waals surface area contributed by atoms with E-state index in [1.165, 1.54) is 0 Å². The number of allylic oxidation sites excluding steroid dienone is 1. The van der Waals surface area contributed by atoms with Crippen LogP contribution in [-0.4, -0.2) is 23.7 Å². The molecule has 14 heavy (non-hydrogen) atoms. The number of rotatable bonds is 1. The molecule has 0 aromatic carbocycles. The highest BCUT2D eigenvalue weighted by atomic mass is 16.5. The predicted molar refractivity (Wildman–Crippen MR) is 47.5 cm³/mol. The van der Waals surface area contributed by atoms with Crippen LogP contribution in [0.25, 0.3) is 0 Å². The first-order valence-electron chi connectivity index (χ1n) is 4.80. The second-order valence-corrected chi connectivity index (χ2v) is 3.71. The standard InChI is InChI=1S/C10H12O4/c11-9(12)7-2-1-3-8-6(7)4-5-14-10(8)13/h2,6,8H,1,3-5H2,(H,11,12)/t6-,8+/m1/s1. The number of fused-ring (bicyclic) bond motifs is 1. The highest BCUT2D eigenvalue weighted by Gasteiger charge is 2.39. The molecule has 0 spiro atoms. The second kappa shape index (κ2) is 3.44. The Bertz CT molecular complexity index is 305. The Morgan fingerprint density at radius 3 is 2.93 bits per heavy atom. The summed E-state index contributed by atoms with van der Waals surface area (Å²) in [6, 6.07) is 0. The van der Waals surface area contributed by atoms with E-state index in [0.717, 1.165) is 6.42 Å². The molecule has 0 aromatic heterocycles. The molecule has 1 saturated heterocycles. The number of hydrogen-bond acceptors (Lipinski definition) is 3. The molecule has 1 fully saturated rings. The molecule has 0 radical (unpaired) electrons. The van der Waals surface area contributed by atoms with Crippen molar-refractivity contribution in [1.82, 2.24) is 0 Å². The van der Waals surface area contributed by atoms with E-state index >= 15 is 0 Å². The van der Waals surface area contributed by atoms with E-state index in [2.05, 4.69) is 0 Å². The van der Waals surface area contributed by atoms with Gasteiger partial charge in [0.2, 0.25) is 0 Å². The first-order chi connectivity index (χ1) is 6.70. The summed E-state index contributed by atoms with van der Waals surface area (Å²) in [5, 5.41) is 8.94. The lowest BCUT2D eigenvalue weighted by Gasteiger charge is -2.33. The fraction of sp³-hybridized carbons (Fsp3) is 0.600.